The van der Waals surface area contributed by atoms with E-state index in [-0.39, 0.29) is 6.10 Å². The molecule has 3 aliphatic carbocycles. The van der Waals surface area contributed by atoms with Gasteiger partial charge in [-0.1, -0.05) is 60.7 Å². The molecule has 5 rings (SSSR count). The third-order valence-electron chi connectivity index (χ3n) is 6.70. The Morgan fingerprint density at radius 2 is 1.23 bits per heavy atom. The summed E-state index contributed by atoms with van der Waals surface area (Å²) >= 11 is 0. The fourth-order valence-corrected chi connectivity index (χ4v) is 6.07. The third kappa shape index (κ3) is 1.63. The molecule has 0 heterocycles. The van der Waals surface area contributed by atoms with Gasteiger partial charge < -0.3 is 5.11 Å². The zero-order valence-corrected chi connectivity index (χ0v) is 12.7. The monoisotopic (exact) mass is 290 g/mol. The Bertz CT molecular complexity index is 665. The number of rotatable bonds is 2. The lowest BCUT2D eigenvalue weighted by Crippen LogP contribution is -2.28. The standard InChI is InChI=1S/C21H22O/c22-21-15-11-16-17(12-15)20(21)19(14-9-5-2-6-10-14)18(16)13-7-3-1-4-8-13/h1-10,15-22H,11-12H2/t15-,16+,17+,18+,19+,20-,21+/m1/s1. The number of aliphatic hydroxyl groups excluding tert-OH is 1. The molecule has 7 atom stereocenters. The zero-order valence-electron chi connectivity index (χ0n) is 12.7. The average Bonchev–Trinajstić information content (AvgIpc) is 3.18. The maximum atomic E-state index is 10.8. The molecule has 0 spiro atoms. The number of fused-ring (bicyclic) bond motifs is 1. The molecular formula is C21H22O. The second kappa shape index (κ2) is 4.70. The molecule has 3 fully saturated rings. The van der Waals surface area contributed by atoms with Crippen molar-refractivity contribution in [3.8, 4) is 0 Å². The van der Waals surface area contributed by atoms with Crippen LogP contribution in [0.4, 0.5) is 0 Å². The van der Waals surface area contributed by atoms with Crippen molar-refractivity contribution >= 4 is 0 Å². The van der Waals surface area contributed by atoms with E-state index in [1.807, 2.05) is 0 Å². The van der Waals surface area contributed by atoms with Crippen LogP contribution in [0.15, 0.2) is 60.7 Å². The van der Waals surface area contributed by atoms with Gasteiger partial charge in [-0.3, -0.25) is 0 Å². The quantitative estimate of drug-likeness (QED) is 0.879. The van der Waals surface area contributed by atoms with Gasteiger partial charge in [0.15, 0.2) is 0 Å². The SMILES string of the molecule is O[C@H]1[C@@H]2C[C@H]3[C@H](C2)[C@@H]1[C@@H](c1ccccc1)[C@H]3c1ccccc1. The lowest BCUT2D eigenvalue weighted by atomic mass is 9.78. The first-order valence-corrected chi connectivity index (χ1v) is 8.62. The Morgan fingerprint density at radius 3 is 1.82 bits per heavy atom. The Balaban J connectivity index is 1.65. The minimum atomic E-state index is -0.0832. The van der Waals surface area contributed by atoms with E-state index >= 15 is 0 Å². The average molecular weight is 290 g/mol. The normalized spacial score (nSPS) is 42.0. The van der Waals surface area contributed by atoms with Gasteiger partial charge >= 0.3 is 0 Å². The lowest BCUT2D eigenvalue weighted by Gasteiger charge is -2.27. The predicted molar refractivity (Wildman–Crippen MR) is 87.6 cm³/mol. The summed E-state index contributed by atoms with van der Waals surface area (Å²) in [5, 5.41) is 10.8. The second-order valence-electron chi connectivity index (χ2n) is 7.50. The van der Waals surface area contributed by atoms with Crippen LogP contribution in [0.5, 0.6) is 0 Å². The molecule has 22 heavy (non-hydrogen) atoms. The fraction of sp³-hybridized carbons (Fsp3) is 0.429. The molecule has 0 amide bonds. The Labute approximate surface area is 132 Å². The van der Waals surface area contributed by atoms with Gasteiger partial charge in [0, 0.05) is 0 Å². The van der Waals surface area contributed by atoms with Crippen molar-refractivity contribution in [1.82, 2.24) is 0 Å². The van der Waals surface area contributed by atoms with Crippen LogP contribution >= 0.6 is 0 Å². The highest BCUT2D eigenvalue weighted by Gasteiger charge is 2.63. The predicted octanol–water partition coefficient (Wildman–Crippen LogP) is 4.20. The summed E-state index contributed by atoms with van der Waals surface area (Å²) in [6.45, 7) is 0. The lowest BCUT2D eigenvalue weighted by molar-refractivity contribution is 0.0599. The van der Waals surface area contributed by atoms with Crippen molar-refractivity contribution in [2.24, 2.45) is 23.7 Å². The van der Waals surface area contributed by atoms with Crippen LogP contribution in [0.3, 0.4) is 0 Å². The van der Waals surface area contributed by atoms with Gasteiger partial charge in [0.1, 0.15) is 0 Å². The largest absolute Gasteiger partial charge is 0.393 e. The molecule has 0 aliphatic heterocycles. The molecule has 0 radical (unpaired) electrons. The van der Waals surface area contributed by atoms with Gasteiger partial charge in [-0.05, 0) is 59.5 Å². The first kappa shape index (κ1) is 12.9. The maximum Gasteiger partial charge on any atom is 0.0605 e. The zero-order chi connectivity index (χ0) is 14.7. The van der Waals surface area contributed by atoms with Gasteiger partial charge in [0.25, 0.3) is 0 Å². The molecule has 112 valence electrons. The number of aliphatic hydroxyl groups is 1. The molecule has 0 unspecified atom stereocenters. The van der Waals surface area contributed by atoms with E-state index in [0.717, 1.165) is 11.8 Å². The summed E-state index contributed by atoms with van der Waals surface area (Å²) < 4.78 is 0. The molecule has 1 heteroatoms. The summed E-state index contributed by atoms with van der Waals surface area (Å²) in [5.74, 6) is 3.60. The van der Waals surface area contributed by atoms with Gasteiger partial charge in [-0.2, -0.15) is 0 Å². The van der Waals surface area contributed by atoms with Gasteiger partial charge in [-0.25, -0.2) is 0 Å². The highest BCUT2D eigenvalue weighted by atomic mass is 16.3. The van der Waals surface area contributed by atoms with E-state index in [1.165, 1.54) is 24.0 Å². The molecule has 1 nitrogen and oxygen atoms in total. The van der Waals surface area contributed by atoms with Crippen LogP contribution in [0, 0.1) is 23.7 Å². The molecule has 0 saturated heterocycles. The highest BCUT2D eigenvalue weighted by molar-refractivity contribution is 5.36. The molecule has 2 aromatic rings. The van der Waals surface area contributed by atoms with Gasteiger partial charge in [0.05, 0.1) is 6.10 Å². The number of hydrogen-bond acceptors (Lipinski definition) is 1. The summed E-state index contributed by atoms with van der Waals surface area (Å²) in [6.07, 6.45) is 2.40. The van der Waals surface area contributed by atoms with Crippen LogP contribution in [0.25, 0.3) is 0 Å². The summed E-state index contributed by atoms with van der Waals surface area (Å²) in [7, 11) is 0. The Kier molecular flexibility index (Phi) is 2.75. The molecular weight excluding hydrogens is 268 g/mol. The molecule has 0 aromatic heterocycles. The van der Waals surface area contributed by atoms with Crippen LogP contribution in [0.1, 0.15) is 35.8 Å². The van der Waals surface area contributed by atoms with Crippen molar-refractivity contribution in [1.29, 1.82) is 0 Å². The van der Waals surface area contributed by atoms with Crippen LogP contribution in [-0.2, 0) is 0 Å². The van der Waals surface area contributed by atoms with Gasteiger partial charge in [-0.15, -0.1) is 0 Å². The van der Waals surface area contributed by atoms with Crippen molar-refractivity contribution in [2.45, 2.75) is 30.8 Å². The smallest absolute Gasteiger partial charge is 0.0605 e. The van der Waals surface area contributed by atoms with Crippen molar-refractivity contribution in [3.05, 3.63) is 71.8 Å². The van der Waals surface area contributed by atoms with E-state index in [1.54, 1.807) is 0 Å². The molecule has 3 saturated carbocycles. The number of hydrogen-bond donors (Lipinski definition) is 1. The summed E-state index contributed by atoms with van der Waals surface area (Å²) in [6, 6.07) is 22.0. The van der Waals surface area contributed by atoms with Crippen LogP contribution < -0.4 is 0 Å². The minimum absolute atomic E-state index is 0.0832. The van der Waals surface area contributed by atoms with Crippen LogP contribution in [-0.4, -0.2) is 11.2 Å². The van der Waals surface area contributed by atoms with E-state index in [4.69, 9.17) is 0 Å². The molecule has 1 N–H and O–H groups in total. The first-order chi connectivity index (χ1) is 10.8. The molecule has 2 aromatic carbocycles. The Morgan fingerprint density at radius 1 is 0.682 bits per heavy atom. The summed E-state index contributed by atoms with van der Waals surface area (Å²) in [4.78, 5) is 0. The first-order valence-electron chi connectivity index (χ1n) is 8.62. The second-order valence-corrected chi connectivity index (χ2v) is 7.50. The van der Waals surface area contributed by atoms with E-state index < -0.39 is 0 Å². The van der Waals surface area contributed by atoms with Crippen molar-refractivity contribution in [2.75, 3.05) is 0 Å². The third-order valence-corrected chi connectivity index (χ3v) is 6.70. The van der Waals surface area contributed by atoms with Crippen molar-refractivity contribution in [3.63, 3.8) is 0 Å². The van der Waals surface area contributed by atoms with Crippen LogP contribution in [0.2, 0.25) is 0 Å². The highest BCUT2D eigenvalue weighted by Crippen LogP contribution is 2.69. The van der Waals surface area contributed by atoms with E-state index in [2.05, 4.69) is 60.7 Å². The topological polar surface area (TPSA) is 20.2 Å². The number of benzene rings is 2. The van der Waals surface area contributed by atoms with Crippen molar-refractivity contribution < 1.29 is 5.11 Å². The Hall–Kier alpha value is -1.60. The molecule has 2 bridgehead atoms. The summed E-state index contributed by atoms with van der Waals surface area (Å²) in [5.41, 5.74) is 2.90. The van der Waals surface area contributed by atoms with E-state index in [9.17, 15) is 5.11 Å². The van der Waals surface area contributed by atoms with Gasteiger partial charge in [0.2, 0.25) is 0 Å². The van der Waals surface area contributed by atoms with E-state index in [0.29, 0.717) is 23.7 Å². The minimum Gasteiger partial charge on any atom is -0.393 e. The molecule has 3 aliphatic rings. The maximum absolute atomic E-state index is 10.8. The fourth-order valence-electron chi connectivity index (χ4n) is 6.07.